The van der Waals surface area contributed by atoms with Crippen molar-refractivity contribution in [3.05, 3.63) is 32.2 Å². The average Bonchev–Trinajstić information content (AvgIpc) is 2.96. The summed E-state index contributed by atoms with van der Waals surface area (Å²) in [6.07, 6.45) is 2.01. The van der Waals surface area contributed by atoms with Crippen molar-refractivity contribution in [3.8, 4) is 0 Å². The zero-order valence-electron chi connectivity index (χ0n) is 11.1. The maximum absolute atomic E-state index is 4.69. The molecule has 2 aromatic rings. The van der Waals surface area contributed by atoms with Gasteiger partial charge in [0.2, 0.25) is 0 Å². The molecular weight excluding hydrogens is 262 g/mol. The topological polar surface area (TPSA) is 37.8 Å². The normalized spacial score (nSPS) is 12.8. The molecule has 0 fully saturated rings. The lowest BCUT2D eigenvalue weighted by atomic mass is 10.2. The lowest BCUT2D eigenvalue weighted by Gasteiger charge is -2.09. The fourth-order valence-electron chi connectivity index (χ4n) is 1.71. The third-order valence-electron chi connectivity index (χ3n) is 2.71. The van der Waals surface area contributed by atoms with Crippen LogP contribution >= 0.6 is 22.7 Å². The fourth-order valence-corrected chi connectivity index (χ4v) is 3.23. The van der Waals surface area contributed by atoms with E-state index in [4.69, 9.17) is 0 Å². The van der Waals surface area contributed by atoms with E-state index in [-0.39, 0.29) is 0 Å². The Bertz CT molecular complexity index is 490. The van der Waals surface area contributed by atoms with E-state index in [0.717, 1.165) is 40.8 Å². The lowest BCUT2D eigenvalue weighted by molar-refractivity contribution is 0.560. The number of aromatic nitrogens is 2. The summed E-state index contributed by atoms with van der Waals surface area (Å²) in [6.45, 7) is 7.43. The highest BCUT2D eigenvalue weighted by Gasteiger charge is 2.10. The predicted octanol–water partition coefficient (Wildman–Crippen LogP) is 3.56. The van der Waals surface area contributed by atoms with Crippen LogP contribution in [0.2, 0.25) is 0 Å². The summed E-state index contributed by atoms with van der Waals surface area (Å²) in [6, 6.07) is 0.340. The summed E-state index contributed by atoms with van der Waals surface area (Å²) in [5.74, 6) is 0. The summed E-state index contributed by atoms with van der Waals surface area (Å²) in [7, 11) is 0. The molecule has 1 atom stereocenters. The van der Waals surface area contributed by atoms with Crippen molar-refractivity contribution in [3.63, 3.8) is 0 Å². The van der Waals surface area contributed by atoms with Crippen LogP contribution in [0.4, 0.5) is 0 Å². The third-order valence-corrected chi connectivity index (χ3v) is 4.40. The van der Waals surface area contributed by atoms with Gasteiger partial charge >= 0.3 is 0 Å². The Hall–Kier alpha value is -0.780. The highest BCUT2D eigenvalue weighted by Crippen LogP contribution is 2.20. The first-order chi connectivity index (χ1) is 8.69. The molecule has 0 spiro atoms. The standard InChI is InChI=1S/C13H19N3S2/c1-4-5-14-9(2)12-8-18-13(16-12)6-11-7-17-10(3)15-11/h7-9,14H,4-6H2,1-3H3. The minimum Gasteiger partial charge on any atom is -0.309 e. The molecule has 0 aliphatic carbocycles. The highest BCUT2D eigenvalue weighted by molar-refractivity contribution is 7.10. The summed E-state index contributed by atoms with van der Waals surface area (Å²) in [5, 5.41) is 10.0. The maximum atomic E-state index is 4.69. The van der Waals surface area contributed by atoms with Crippen molar-refractivity contribution in [2.24, 2.45) is 0 Å². The smallest absolute Gasteiger partial charge is 0.0989 e. The van der Waals surface area contributed by atoms with Gasteiger partial charge in [-0.25, -0.2) is 9.97 Å². The zero-order chi connectivity index (χ0) is 13.0. The maximum Gasteiger partial charge on any atom is 0.0989 e. The van der Waals surface area contributed by atoms with E-state index in [1.54, 1.807) is 22.7 Å². The average molecular weight is 281 g/mol. The highest BCUT2D eigenvalue weighted by atomic mass is 32.1. The van der Waals surface area contributed by atoms with E-state index in [0.29, 0.717) is 6.04 Å². The van der Waals surface area contributed by atoms with E-state index in [2.05, 4.69) is 39.9 Å². The molecule has 5 heteroatoms. The van der Waals surface area contributed by atoms with Gasteiger partial charge in [0, 0.05) is 23.2 Å². The van der Waals surface area contributed by atoms with E-state index in [1.807, 2.05) is 6.92 Å². The molecule has 98 valence electrons. The molecule has 3 nitrogen and oxygen atoms in total. The van der Waals surface area contributed by atoms with Crippen LogP contribution in [0, 0.1) is 6.92 Å². The molecule has 2 aromatic heterocycles. The van der Waals surface area contributed by atoms with Gasteiger partial charge < -0.3 is 5.32 Å². The summed E-state index contributed by atoms with van der Waals surface area (Å²) >= 11 is 3.43. The van der Waals surface area contributed by atoms with Crippen molar-refractivity contribution in [2.45, 2.75) is 39.7 Å². The molecule has 0 saturated heterocycles. The van der Waals surface area contributed by atoms with E-state index < -0.39 is 0 Å². The molecule has 18 heavy (non-hydrogen) atoms. The molecule has 1 unspecified atom stereocenters. The second-order valence-electron chi connectivity index (χ2n) is 4.38. The number of nitrogens with zero attached hydrogens (tertiary/aromatic N) is 2. The monoisotopic (exact) mass is 281 g/mol. The molecule has 0 aliphatic heterocycles. The third kappa shape index (κ3) is 3.60. The molecule has 0 saturated carbocycles. The van der Waals surface area contributed by atoms with Crippen LogP contribution in [0.3, 0.4) is 0 Å². The van der Waals surface area contributed by atoms with Gasteiger partial charge in [0.05, 0.1) is 21.4 Å². The minimum absolute atomic E-state index is 0.340. The van der Waals surface area contributed by atoms with Crippen molar-refractivity contribution >= 4 is 22.7 Å². The van der Waals surface area contributed by atoms with E-state index in [9.17, 15) is 0 Å². The number of nitrogens with one attached hydrogen (secondary N) is 1. The van der Waals surface area contributed by atoms with Gasteiger partial charge in [-0.15, -0.1) is 22.7 Å². The van der Waals surface area contributed by atoms with Crippen LogP contribution in [0.25, 0.3) is 0 Å². The summed E-state index contributed by atoms with van der Waals surface area (Å²) in [4.78, 5) is 9.17. The molecule has 2 rings (SSSR count). The van der Waals surface area contributed by atoms with Gasteiger partial charge in [-0.05, 0) is 26.8 Å². The van der Waals surface area contributed by atoms with Crippen LogP contribution in [0.15, 0.2) is 10.8 Å². The Morgan fingerprint density at radius 3 is 2.78 bits per heavy atom. The number of rotatable bonds is 6. The van der Waals surface area contributed by atoms with Crippen LogP contribution in [-0.2, 0) is 6.42 Å². The predicted molar refractivity (Wildman–Crippen MR) is 78.5 cm³/mol. The Balaban J connectivity index is 1.97. The lowest BCUT2D eigenvalue weighted by Crippen LogP contribution is -2.19. The van der Waals surface area contributed by atoms with Crippen LogP contribution in [0.1, 0.15) is 47.7 Å². The van der Waals surface area contributed by atoms with Crippen molar-refractivity contribution < 1.29 is 0 Å². The Labute approximate surface area is 116 Å². The second kappa shape index (κ2) is 6.41. The largest absolute Gasteiger partial charge is 0.309 e. The first-order valence-corrected chi connectivity index (χ1v) is 8.03. The summed E-state index contributed by atoms with van der Waals surface area (Å²) < 4.78 is 0. The molecule has 0 bridgehead atoms. The number of aryl methyl sites for hydroxylation is 1. The summed E-state index contributed by atoms with van der Waals surface area (Å²) in [5.41, 5.74) is 2.28. The van der Waals surface area contributed by atoms with E-state index >= 15 is 0 Å². The molecule has 0 aromatic carbocycles. The van der Waals surface area contributed by atoms with E-state index in [1.165, 1.54) is 0 Å². The minimum atomic E-state index is 0.340. The molecular formula is C13H19N3S2. The molecule has 2 heterocycles. The Kier molecular flexibility index (Phi) is 4.86. The molecule has 0 amide bonds. The molecule has 0 aliphatic rings. The second-order valence-corrected chi connectivity index (χ2v) is 6.38. The van der Waals surface area contributed by atoms with Gasteiger partial charge in [-0.3, -0.25) is 0 Å². The van der Waals surface area contributed by atoms with Gasteiger partial charge in [-0.1, -0.05) is 6.92 Å². The zero-order valence-corrected chi connectivity index (χ0v) is 12.7. The van der Waals surface area contributed by atoms with Crippen LogP contribution < -0.4 is 5.32 Å². The first kappa shape index (κ1) is 13.6. The van der Waals surface area contributed by atoms with Gasteiger partial charge in [-0.2, -0.15) is 0 Å². The van der Waals surface area contributed by atoms with Gasteiger partial charge in [0.1, 0.15) is 0 Å². The molecule has 1 N–H and O–H groups in total. The Morgan fingerprint density at radius 1 is 1.28 bits per heavy atom. The van der Waals surface area contributed by atoms with Gasteiger partial charge in [0.15, 0.2) is 0 Å². The van der Waals surface area contributed by atoms with Crippen LogP contribution in [-0.4, -0.2) is 16.5 Å². The fraction of sp³-hybridized carbons (Fsp3) is 0.538. The Morgan fingerprint density at radius 2 is 2.11 bits per heavy atom. The first-order valence-electron chi connectivity index (χ1n) is 6.27. The van der Waals surface area contributed by atoms with Crippen molar-refractivity contribution in [1.29, 1.82) is 0 Å². The van der Waals surface area contributed by atoms with Crippen LogP contribution in [0.5, 0.6) is 0 Å². The molecule has 0 radical (unpaired) electrons. The SMILES string of the molecule is CCCNC(C)c1csc(Cc2csc(C)n2)n1. The van der Waals surface area contributed by atoms with Crippen molar-refractivity contribution in [2.75, 3.05) is 6.54 Å². The number of hydrogen-bond donors (Lipinski definition) is 1. The number of thiazole rings is 2. The quantitative estimate of drug-likeness (QED) is 0.879. The number of hydrogen-bond acceptors (Lipinski definition) is 5. The van der Waals surface area contributed by atoms with Gasteiger partial charge in [0.25, 0.3) is 0 Å². The van der Waals surface area contributed by atoms with Crippen molar-refractivity contribution in [1.82, 2.24) is 15.3 Å².